The van der Waals surface area contributed by atoms with Crippen LogP contribution in [0.15, 0.2) is 12.1 Å². The molecule has 0 atom stereocenters. The predicted octanol–water partition coefficient (Wildman–Crippen LogP) is 1.67. The van der Waals surface area contributed by atoms with Gasteiger partial charge < -0.3 is 5.73 Å². The Bertz CT molecular complexity index is 348. The van der Waals surface area contributed by atoms with E-state index in [2.05, 4.69) is 0 Å². The maximum Gasteiger partial charge on any atom is 0.272 e. The molecule has 4 nitrogen and oxygen atoms in total. The van der Waals surface area contributed by atoms with E-state index < -0.39 is 0 Å². The topological polar surface area (TPSA) is 69.2 Å². The molecule has 2 N–H and O–H groups in total. The molecule has 4 heteroatoms. The smallest absolute Gasteiger partial charge is 0.272 e. The van der Waals surface area contributed by atoms with Crippen molar-refractivity contribution in [1.82, 2.24) is 0 Å². The molecule has 1 aromatic carbocycles. The Hall–Kier alpha value is -1.42. The van der Waals surface area contributed by atoms with Crippen molar-refractivity contribution in [3.05, 3.63) is 38.9 Å². The second kappa shape index (κ2) is 3.53. The minimum absolute atomic E-state index is 0.153. The second-order valence-corrected chi connectivity index (χ2v) is 3.02. The first-order valence-corrected chi connectivity index (χ1v) is 4.01. The van der Waals surface area contributed by atoms with Crippen molar-refractivity contribution in [3.63, 3.8) is 0 Å². The van der Waals surface area contributed by atoms with E-state index >= 15 is 0 Å². The van der Waals surface area contributed by atoms with Gasteiger partial charge in [0.2, 0.25) is 0 Å². The lowest BCUT2D eigenvalue weighted by molar-refractivity contribution is -0.385. The first-order chi connectivity index (χ1) is 6.06. The summed E-state index contributed by atoms with van der Waals surface area (Å²) in [5.41, 5.74) is 7.99. The van der Waals surface area contributed by atoms with Gasteiger partial charge in [0.05, 0.1) is 4.92 Å². The number of hydrogen-bond acceptors (Lipinski definition) is 3. The summed E-state index contributed by atoms with van der Waals surface area (Å²) in [5.74, 6) is 0. The van der Waals surface area contributed by atoms with Gasteiger partial charge in [0, 0.05) is 18.2 Å². The predicted molar refractivity (Wildman–Crippen MR) is 50.5 cm³/mol. The Kier molecular flexibility index (Phi) is 2.63. The number of hydrogen-bond donors (Lipinski definition) is 1. The summed E-state index contributed by atoms with van der Waals surface area (Å²) in [6.07, 6.45) is 0. The highest BCUT2D eigenvalue weighted by Gasteiger charge is 2.12. The quantitative estimate of drug-likeness (QED) is 0.556. The van der Waals surface area contributed by atoms with Crippen molar-refractivity contribution in [3.8, 4) is 0 Å². The number of nitro groups is 1. The highest BCUT2D eigenvalue weighted by molar-refractivity contribution is 5.47. The third-order valence-corrected chi connectivity index (χ3v) is 2.13. The molecule has 70 valence electrons. The number of nitrogens with two attached hydrogens (primary N) is 1. The summed E-state index contributed by atoms with van der Waals surface area (Å²) in [5, 5.41) is 10.6. The number of nitro benzene ring substituents is 1. The molecule has 0 aliphatic rings. The normalized spacial score (nSPS) is 10.1. The average molecular weight is 180 g/mol. The molecule has 13 heavy (non-hydrogen) atoms. The van der Waals surface area contributed by atoms with Crippen LogP contribution in [0.4, 0.5) is 5.69 Å². The number of rotatable bonds is 2. The molecule has 0 saturated carbocycles. The van der Waals surface area contributed by atoms with Crippen LogP contribution in [0.2, 0.25) is 0 Å². The summed E-state index contributed by atoms with van der Waals surface area (Å²) in [4.78, 5) is 10.2. The van der Waals surface area contributed by atoms with Gasteiger partial charge in [-0.1, -0.05) is 6.07 Å². The van der Waals surface area contributed by atoms with Crippen LogP contribution in [0.1, 0.15) is 16.7 Å². The first-order valence-electron chi connectivity index (χ1n) is 4.01. The molecule has 0 aliphatic carbocycles. The zero-order chi connectivity index (χ0) is 10.0. The molecule has 0 spiro atoms. The third-order valence-electron chi connectivity index (χ3n) is 2.13. The van der Waals surface area contributed by atoms with E-state index in [4.69, 9.17) is 5.73 Å². The lowest BCUT2D eigenvalue weighted by Crippen LogP contribution is -2.01. The Morgan fingerprint density at radius 1 is 1.46 bits per heavy atom. The summed E-state index contributed by atoms with van der Waals surface area (Å²) >= 11 is 0. The van der Waals surface area contributed by atoms with Gasteiger partial charge in [-0.2, -0.15) is 0 Å². The highest BCUT2D eigenvalue weighted by Crippen LogP contribution is 2.22. The van der Waals surface area contributed by atoms with Crippen LogP contribution >= 0.6 is 0 Å². The minimum Gasteiger partial charge on any atom is -0.326 e. The second-order valence-electron chi connectivity index (χ2n) is 3.02. The summed E-state index contributed by atoms with van der Waals surface area (Å²) in [6.45, 7) is 3.93. The van der Waals surface area contributed by atoms with Gasteiger partial charge in [-0.05, 0) is 25.0 Å². The van der Waals surface area contributed by atoms with Crippen LogP contribution in [-0.4, -0.2) is 4.92 Å². The molecule has 0 radical (unpaired) electrons. The highest BCUT2D eigenvalue weighted by atomic mass is 16.6. The lowest BCUT2D eigenvalue weighted by atomic mass is 10.0. The van der Waals surface area contributed by atoms with Crippen LogP contribution < -0.4 is 5.73 Å². The van der Waals surface area contributed by atoms with E-state index in [9.17, 15) is 10.1 Å². The Morgan fingerprint density at radius 2 is 2.08 bits per heavy atom. The Labute approximate surface area is 76.5 Å². The van der Waals surface area contributed by atoms with Crippen LogP contribution in [0.25, 0.3) is 0 Å². The van der Waals surface area contributed by atoms with E-state index in [1.807, 2.05) is 13.0 Å². The van der Waals surface area contributed by atoms with Crippen molar-refractivity contribution < 1.29 is 4.92 Å². The van der Waals surface area contributed by atoms with Crippen LogP contribution in [0.5, 0.6) is 0 Å². The molecule has 0 bridgehead atoms. The summed E-state index contributed by atoms with van der Waals surface area (Å²) in [6, 6.07) is 3.41. The van der Waals surface area contributed by atoms with Gasteiger partial charge in [0.1, 0.15) is 0 Å². The molecule has 1 rings (SSSR count). The number of aryl methyl sites for hydroxylation is 1. The van der Waals surface area contributed by atoms with E-state index in [1.165, 1.54) is 6.07 Å². The van der Waals surface area contributed by atoms with Gasteiger partial charge in [-0.15, -0.1) is 0 Å². The van der Waals surface area contributed by atoms with E-state index in [-0.39, 0.29) is 10.6 Å². The molecule has 0 amide bonds. The fourth-order valence-corrected chi connectivity index (χ4v) is 1.22. The van der Waals surface area contributed by atoms with E-state index in [0.29, 0.717) is 12.1 Å². The zero-order valence-electron chi connectivity index (χ0n) is 7.70. The third kappa shape index (κ3) is 1.84. The van der Waals surface area contributed by atoms with Crippen LogP contribution in [0.3, 0.4) is 0 Å². The maximum atomic E-state index is 10.6. The maximum absolute atomic E-state index is 10.6. The largest absolute Gasteiger partial charge is 0.326 e. The fraction of sp³-hybridized carbons (Fsp3) is 0.333. The van der Waals surface area contributed by atoms with Gasteiger partial charge in [0.15, 0.2) is 0 Å². The molecule has 0 unspecified atom stereocenters. The minimum atomic E-state index is -0.374. The summed E-state index contributed by atoms with van der Waals surface area (Å²) in [7, 11) is 0. The monoisotopic (exact) mass is 180 g/mol. The number of nitrogens with zero attached hydrogens (tertiary/aromatic N) is 1. The zero-order valence-corrected chi connectivity index (χ0v) is 7.70. The van der Waals surface area contributed by atoms with Crippen molar-refractivity contribution in [2.45, 2.75) is 20.4 Å². The Balaban J connectivity index is 3.33. The molecule has 0 heterocycles. The average Bonchev–Trinajstić information content (AvgIpc) is 2.09. The molecule has 0 saturated heterocycles. The van der Waals surface area contributed by atoms with Gasteiger partial charge in [-0.25, -0.2) is 0 Å². The first kappa shape index (κ1) is 9.67. The van der Waals surface area contributed by atoms with Crippen molar-refractivity contribution in [1.29, 1.82) is 0 Å². The molecule has 1 aromatic rings. The Morgan fingerprint density at radius 3 is 2.54 bits per heavy atom. The van der Waals surface area contributed by atoms with Gasteiger partial charge >= 0.3 is 0 Å². The molecule has 0 fully saturated rings. The van der Waals surface area contributed by atoms with Crippen molar-refractivity contribution in [2.75, 3.05) is 0 Å². The van der Waals surface area contributed by atoms with E-state index in [1.54, 1.807) is 6.92 Å². The van der Waals surface area contributed by atoms with Crippen LogP contribution in [-0.2, 0) is 6.54 Å². The van der Waals surface area contributed by atoms with Crippen molar-refractivity contribution in [2.24, 2.45) is 5.73 Å². The van der Waals surface area contributed by atoms with E-state index in [0.717, 1.165) is 11.1 Å². The fourth-order valence-electron chi connectivity index (χ4n) is 1.22. The van der Waals surface area contributed by atoms with Gasteiger partial charge in [0.25, 0.3) is 5.69 Å². The SMILES string of the molecule is Cc1cc(CN)cc([N+](=O)[O-])c1C. The van der Waals surface area contributed by atoms with Crippen LogP contribution in [0, 0.1) is 24.0 Å². The molecule has 0 aliphatic heterocycles. The number of benzene rings is 1. The van der Waals surface area contributed by atoms with Gasteiger partial charge in [-0.3, -0.25) is 10.1 Å². The molecular weight excluding hydrogens is 168 g/mol. The standard InChI is InChI=1S/C9H12N2O2/c1-6-3-8(5-10)4-9(7(6)2)11(12)13/h3-4H,5,10H2,1-2H3. The lowest BCUT2D eigenvalue weighted by Gasteiger charge is -2.04. The summed E-state index contributed by atoms with van der Waals surface area (Å²) < 4.78 is 0. The van der Waals surface area contributed by atoms with Crippen molar-refractivity contribution >= 4 is 5.69 Å². The molecular formula is C9H12N2O2. The molecule has 0 aromatic heterocycles.